The average Bonchev–Trinajstić information content (AvgIpc) is 2.27. The van der Waals surface area contributed by atoms with E-state index >= 15 is 0 Å². The molecule has 0 amide bonds. The van der Waals surface area contributed by atoms with E-state index in [-0.39, 0.29) is 5.92 Å². The highest BCUT2D eigenvalue weighted by Crippen LogP contribution is 2.23. The lowest BCUT2D eigenvalue weighted by Gasteiger charge is -2.21. The topological polar surface area (TPSA) is 52.6 Å². The van der Waals surface area contributed by atoms with Gasteiger partial charge in [-0.2, -0.15) is 0 Å². The van der Waals surface area contributed by atoms with Gasteiger partial charge in [0.15, 0.2) is 5.92 Å². The second kappa shape index (κ2) is 7.26. The maximum atomic E-state index is 11.5. The molecule has 1 unspecified atom stereocenters. The number of rotatable bonds is 6. The van der Waals surface area contributed by atoms with E-state index in [0.29, 0.717) is 0 Å². The minimum atomic E-state index is -0.773. The SMILES string of the molecule is CCCC(CC)C(C(=O)OC)C(=O)OC. The molecule has 88 valence electrons. The molecule has 1 atom stereocenters. The van der Waals surface area contributed by atoms with E-state index in [1.165, 1.54) is 14.2 Å². The highest BCUT2D eigenvalue weighted by molar-refractivity contribution is 5.95. The summed E-state index contributed by atoms with van der Waals surface area (Å²) in [5, 5.41) is 0. The van der Waals surface area contributed by atoms with Crippen molar-refractivity contribution in [1.29, 1.82) is 0 Å². The second-order valence-corrected chi connectivity index (χ2v) is 3.48. The maximum absolute atomic E-state index is 11.5. The molecular weight excluding hydrogens is 196 g/mol. The van der Waals surface area contributed by atoms with Crippen LogP contribution in [0.25, 0.3) is 0 Å². The fraction of sp³-hybridized carbons (Fsp3) is 0.818. The lowest BCUT2D eigenvalue weighted by Crippen LogP contribution is -2.33. The third kappa shape index (κ3) is 3.90. The van der Waals surface area contributed by atoms with Crippen LogP contribution < -0.4 is 0 Å². The molecule has 0 aromatic rings. The number of hydrogen-bond acceptors (Lipinski definition) is 4. The Bertz CT molecular complexity index is 197. The monoisotopic (exact) mass is 216 g/mol. The summed E-state index contributed by atoms with van der Waals surface area (Å²) in [5.41, 5.74) is 0. The number of esters is 2. The maximum Gasteiger partial charge on any atom is 0.320 e. The first-order valence-electron chi connectivity index (χ1n) is 5.27. The minimum Gasteiger partial charge on any atom is -0.468 e. The predicted octanol–water partition coefficient (Wildman–Crippen LogP) is 1.77. The molecule has 0 saturated heterocycles. The number of carbonyl (C=O) groups excluding carboxylic acids is 2. The van der Waals surface area contributed by atoms with Gasteiger partial charge in [0.05, 0.1) is 14.2 Å². The zero-order chi connectivity index (χ0) is 11.8. The van der Waals surface area contributed by atoms with Crippen molar-refractivity contribution in [3.8, 4) is 0 Å². The Morgan fingerprint density at radius 1 is 1.07 bits per heavy atom. The van der Waals surface area contributed by atoms with Gasteiger partial charge in [-0.3, -0.25) is 9.59 Å². The summed E-state index contributed by atoms with van der Waals surface area (Å²) in [5.74, 6) is -1.76. The highest BCUT2D eigenvalue weighted by Gasteiger charge is 2.35. The van der Waals surface area contributed by atoms with Gasteiger partial charge in [0, 0.05) is 0 Å². The van der Waals surface area contributed by atoms with Gasteiger partial charge in [-0.1, -0.05) is 26.7 Å². The smallest absolute Gasteiger partial charge is 0.320 e. The Hall–Kier alpha value is -1.06. The molecule has 0 aromatic carbocycles. The Kier molecular flexibility index (Phi) is 6.75. The Labute approximate surface area is 90.9 Å². The summed E-state index contributed by atoms with van der Waals surface area (Å²) in [4.78, 5) is 22.9. The highest BCUT2D eigenvalue weighted by atomic mass is 16.5. The molecule has 4 nitrogen and oxygen atoms in total. The molecule has 15 heavy (non-hydrogen) atoms. The van der Waals surface area contributed by atoms with Gasteiger partial charge < -0.3 is 9.47 Å². The molecule has 0 saturated carbocycles. The quantitative estimate of drug-likeness (QED) is 0.501. The fourth-order valence-corrected chi connectivity index (χ4v) is 1.71. The Morgan fingerprint density at radius 2 is 1.53 bits per heavy atom. The molecule has 0 radical (unpaired) electrons. The van der Waals surface area contributed by atoms with Crippen molar-refractivity contribution in [2.45, 2.75) is 33.1 Å². The molecular formula is C11H20O4. The van der Waals surface area contributed by atoms with Gasteiger partial charge >= 0.3 is 11.9 Å². The number of ether oxygens (including phenoxy) is 2. The van der Waals surface area contributed by atoms with Gasteiger partial charge in [0.25, 0.3) is 0 Å². The van der Waals surface area contributed by atoms with Crippen LogP contribution in [0.3, 0.4) is 0 Å². The van der Waals surface area contributed by atoms with Crippen molar-refractivity contribution in [3.63, 3.8) is 0 Å². The molecule has 0 fully saturated rings. The Balaban J connectivity index is 4.72. The van der Waals surface area contributed by atoms with Gasteiger partial charge in [0.1, 0.15) is 0 Å². The zero-order valence-corrected chi connectivity index (χ0v) is 9.91. The second-order valence-electron chi connectivity index (χ2n) is 3.48. The number of carbonyl (C=O) groups is 2. The standard InChI is InChI=1S/C11H20O4/c1-5-7-8(6-2)9(10(12)14-3)11(13)15-4/h8-9H,5-7H2,1-4H3. The third-order valence-electron chi connectivity index (χ3n) is 2.57. The average molecular weight is 216 g/mol. The van der Waals surface area contributed by atoms with E-state index in [9.17, 15) is 9.59 Å². The zero-order valence-electron chi connectivity index (χ0n) is 9.91. The summed E-state index contributed by atoms with van der Waals surface area (Å²) in [6.45, 7) is 3.98. The van der Waals surface area contributed by atoms with Crippen LogP contribution in [-0.4, -0.2) is 26.2 Å². The van der Waals surface area contributed by atoms with E-state index in [0.717, 1.165) is 19.3 Å². The first-order valence-corrected chi connectivity index (χ1v) is 5.27. The van der Waals surface area contributed by atoms with Crippen LogP contribution in [0.1, 0.15) is 33.1 Å². The lowest BCUT2D eigenvalue weighted by molar-refractivity contribution is -0.161. The van der Waals surface area contributed by atoms with Gasteiger partial charge in [-0.25, -0.2) is 0 Å². The molecule has 4 heteroatoms. The predicted molar refractivity (Wildman–Crippen MR) is 56.2 cm³/mol. The summed E-state index contributed by atoms with van der Waals surface area (Å²) in [6, 6.07) is 0. The van der Waals surface area contributed by atoms with Crippen LogP contribution in [0, 0.1) is 11.8 Å². The first-order chi connectivity index (χ1) is 7.12. The van der Waals surface area contributed by atoms with Crippen molar-refractivity contribution in [2.75, 3.05) is 14.2 Å². The lowest BCUT2D eigenvalue weighted by atomic mass is 9.86. The van der Waals surface area contributed by atoms with E-state index in [1.807, 2.05) is 13.8 Å². The molecule has 0 aliphatic heterocycles. The molecule has 0 aliphatic rings. The van der Waals surface area contributed by atoms with Crippen LogP contribution in [0.5, 0.6) is 0 Å². The van der Waals surface area contributed by atoms with E-state index in [2.05, 4.69) is 9.47 Å². The molecule has 0 aliphatic carbocycles. The molecule has 0 N–H and O–H groups in total. The molecule has 0 bridgehead atoms. The third-order valence-corrected chi connectivity index (χ3v) is 2.57. The molecule has 0 aromatic heterocycles. The van der Waals surface area contributed by atoms with Gasteiger partial charge in [-0.15, -0.1) is 0 Å². The van der Waals surface area contributed by atoms with Crippen molar-refractivity contribution < 1.29 is 19.1 Å². The summed E-state index contributed by atoms with van der Waals surface area (Å²) in [6.07, 6.45) is 2.52. The van der Waals surface area contributed by atoms with Crippen LogP contribution >= 0.6 is 0 Å². The number of methoxy groups -OCH3 is 2. The fourth-order valence-electron chi connectivity index (χ4n) is 1.71. The van der Waals surface area contributed by atoms with E-state index < -0.39 is 17.9 Å². The largest absolute Gasteiger partial charge is 0.468 e. The molecule has 0 heterocycles. The minimum absolute atomic E-state index is 0.00917. The summed E-state index contributed by atoms with van der Waals surface area (Å²) >= 11 is 0. The van der Waals surface area contributed by atoms with Crippen LogP contribution in [0.2, 0.25) is 0 Å². The van der Waals surface area contributed by atoms with Gasteiger partial charge in [0.2, 0.25) is 0 Å². The molecule has 0 spiro atoms. The first kappa shape index (κ1) is 13.9. The summed E-state index contributed by atoms with van der Waals surface area (Å²) in [7, 11) is 2.58. The van der Waals surface area contributed by atoms with E-state index in [1.54, 1.807) is 0 Å². The van der Waals surface area contributed by atoms with Crippen LogP contribution in [0.15, 0.2) is 0 Å². The van der Waals surface area contributed by atoms with Crippen LogP contribution in [0.4, 0.5) is 0 Å². The van der Waals surface area contributed by atoms with Crippen molar-refractivity contribution in [3.05, 3.63) is 0 Å². The van der Waals surface area contributed by atoms with Crippen molar-refractivity contribution >= 4 is 11.9 Å². The number of hydrogen-bond donors (Lipinski definition) is 0. The molecule has 0 rings (SSSR count). The normalized spacial score (nSPS) is 12.3. The summed E-state index contributed by atoms with van der Waals surface area (Å²) < 4.78 is 9.25. The van der Waals surface area contributed by atoms with E-state index in [4.69, 9.17) is 0 Å². The van der Waals surface area contributed by atoms with Gasteiger partial charge in [-0.05, 0) is 12.3 Å². The van der Waals surface area contributed by atoms with Crippen LogP contribution in [-0.2, 0) is 19.1 Å². The van der Waals surface area contributed by atoms with Crippen molar-refractivity contribution in [1.82, 2.24) is 0 Å². The Morgan fingerprint density at radius 3 is 1.80 bits per heavy atom. The van der Waals surface area contributed by atoms with Crippen molar-refractivity contribution in [2.24, 2.45) is 11.8 Å².